The van der Waals surface area contributed by atoms with Crippen molar-refractivity contribution in [3.63, 3.8) is 0 Å². The second-order valence-electron chi connectivity index (χ2n) is 6.03. The summed E-state index contributed by atoms with van der Waals surface area (Å²) in [6.07, 6.45) is 0. The van der Waals surface area contributed by atoms with Gasteiger partial charge in [0.1, 0.15) is 11.8 Å². The number of benzene rings is 3. The quantitative estimate of drug-likeness (QED) is 0.554. The molecule has 2 amide bonds. The Kier molecular flexibility index (Phi) is 6.38. The van der Waals surface area contributed by atoms with Crippen molar-refractivity contribution in [3.05, 3.63) is 96.1 Å². The van der Waals surface area contributed by atoms with Gasteiger partial charge in [-0.1, -0.05) is 48.5 Å². The Hall–Kier alpha value is -3.64. The third kappa shape index (κ3) is 4.96. The van der Waals surface area contributed by atoms with Gasteiger partial charge in [-0.2, -0.15) is 0 Å². The first-order valence-electron chi connectivity index (χ1n) is 8.78. The van der Waals surface area contributed by atoms with Crippen LogP contribution in [0.2, 0.25) is 0 Å². The Morgan fingerprint density at radius 1 is 0.821 bits per heavy atom. The topological polar surface area (TPSA) is 79.5 Å². The van der Waals surface area contributed by atoms with E-state index in [2.05, 4.69) is 16.2 Å². The summed E-state index contributed by atoms with van der Waals surface area (Å²) < 4.78 is 5.09. The Morgan fingerprint density at radius 2 is 1.43 bits per heavy atom. The lowest BCUT2D eigenvalue weighted by molar-refractivity contribution is -0.118. The molecule has 0 saturated heterocycles. The molecular formula is C22H21N3O3. The van der Waals surface area contributed by atoms with Gasteiger partial charge < -0.3 is 10.1 Å². The number of methoxy groups -OCH3 is 1. The monoisotopic (exact) mass is 375 g/mol. The van der Waals surface area contributed by atoms with Crippen LogP contribution in [0.25, 0.3) is 0 Å². The van der Waals surface area contributed by atoms with E-state index < -0.39 is 6.04 Å². The number of hydrazine groups is 1. The Morgan fingerprint density at radius 3 is 2.04 bits per heavy atom. The number of anilines is 1. The van der Waals surface area contributed by atoms with E-state index in [1.807, 2.05) is 48.5 Å². The van der Waals surface area contributed by atoms with Crippen molar-refractivity contribution in [1.29, 1.82) is 0 Å². The molecule has 0 radical (unpaired) electrons. The molecule has 0 saturated carbocycles. The van der Waals surface area contributed by atoms with E-state index in [4.69, 9.17) is 4.74 Å². The Balaban J connectivity index is 1.72. The van der Waals surface area contributed by atoms with Gasteiger partial charge in [0.2, 0.25) is 5.91 Å². The molecule has 0 spiro atoms. The second kappa shape index (κ2) is 9.34. The number of carbonyl (C=O) groups is 2. The summed E-state index contributed by atoms with van der Waals surface area (Å²) in [7, 11) is 1.56. The van der Waals surface area contributed by atoms with E-state index in [0.717, 1.165) is 5.56 Å². The first-order chi connectivity index (χ1) is 13.7. The summed E-state index contributed by atoms with van der Waals surface area (Å²) in [4.78, 5) is 25.2. The van der Waals surface area contributed by atoms with Crippen LogP contribution in [0.4, 0.5) is 5.69 Å². The van der Waals surface area contributed by atoms with Crippen LogP contribution in [0.1, 0.15) is 22.0 Å². The summed E-state index contributed by atoms with van der Waals surface area (Å²) in [6, 6.07) is 24.3. The van der Waals surface area contributed by atoms with Gasteiger partial charge in [-0.3, -0.25) is 15.0 Å². The molecule has 3 aromatic rings. The minimum atomic E-state index is -0.761. The van der Waals surface area contributed by atoms with Crippen molar-refractivity contribution in [3.8, 4) is 5.75 Å². The van der Waals surface area contributed by atoms with Crippen molar-refractivity contribution in [2.45, 2.75) is 6.04 Å². The first kappa shape index (κ1) is 19.1. The van der Waals surface area contributed by atoms with Crippen molar-refractivity contribution >= 4 is 17.5 Å². The van der Waals surface area contributed by atoms with Gasteiger partial charge in [0.05, 0.1) is 7.11 Å². The summed E-state index contributed by atoms with van der Waals surface area (Å²) in [5, 5.41) is 2.85. The maximum Gasteiger partial charge on any atom is 0.265 e. The summed E-state index contributed by atoms with van der Waals surface area (Å²) >= 11 is 0. The van der Waals surface area contributed by atoms with Crippen LogP contribution in [0.5, 0.6) is 5.75 Å². The number of nitrogens with one attached hydrogen (secondary N) is 3. The molecule has 1 atom stereocenters. The maximum absolute atomic E-state index is 12.8. The van der Waals surface area contributed by atoms with Gasteiger partial charge in [0, 0.05) is 11.3 Å². The number of hydrogen-bond acceptors (Lipinski definition) is 4. The molecule has 142 valence electrons. The molecule has 3 rings (SSSR count). The number of carbonyl (C=O) groups excluding carboxylic acids is 2. The average Bonchev–Trinajstić information content (AvgIpc) is 2.75. The molecule has 0 bridgehead atoms. The van der Waals surface area contributed by atoms with Crippen molar-refractivity contribution in [2.24, 2.45) is 0 Å². The van der Waals surface area contributed by atoms with Gasteiger partial charge in [-0.25, -0.2) is 5.43 Å². The Bertz CT molecular complexity index is 913. The zero-order valence-electron chi connectivity index (χ0n) is 15.4. The van der Waals surface area contributed by atoms with Crippen LogP contribution in [-0.2, 0) is 4.79 Å². The zero-order chi connectivity index (χ0) is 19.8. The molecule has 28 heavy (non-hydrogen) atoms. The predicted octanol–water partition coefficient (Wildman–Crippen LogP) is 3.31. The highest BCUT2D eigenvalue weighted by Gasteiger charge is 2.21. The zero-order valence-corrected chi connectivity index (χ0v) is 15.4. The molecule has 0 heterocycles. The van der Waals surface area contributed by atoms with Gasteiger partial charge in [0.25, 0.3) is 5.91 Å². The predicted molar refractivity (Wildman–Crippen MR) is 108 cm³/mol. The molecular weight excluding hydrogens is 354 g/mol. The van der Waals surface area contributed by atoms with E-state index in [1.165, 1.54) is 0 Å². The standard InChI is InChI=1S/C22H21N3O3/c1-28-19-14-12-17(13-15-19)21(26)25-24-20(16-8-4-2-5-9-16)22(27)23-18-10-6-3-7-11-18/h2-15,20,24H,1H3,(H,23,27)(H,25,26)/t20-/m0/s1. The smallest absolute Gasteiger partial charge is 0.265 e. The third-order valence-electron chi connectivity index (χ3n) is 4.12. The van der Waals surface area contributed by atoms with Crippen molar-refractivity contribution in [2.75, 3.05) is 12.4 Å². The van der Waals surface area contributed by atoms with Crippen LogP contribution in [-0.4, -0.2) is 18.9 Å². The normalized spacial score (nSPS) is 11.3. The molecule has 6 nitrogen and oxygen atoms in total. The molecule has 6 heteroatoms. The lowest BCUT2D eigenvalue weighted by atomic mass is 10.1. The number of para-hydroxylation sites is 1. The van der Waals surface area contributed by atoms with Crippen molar-refractivity contribution in [1.82, 2.24) is 10.9 Å². The minimum absolute atomic E-state index is 0.285. The molecule has 3 aromatic carbocycles. The largest absolute Gasteiger partial charge is 0.497 e. The number of amides is 2. The van der Waals surface area contributed by atoms with E-state index >= 15 is 0 Å². The fraction of sp³-hybridized carbons (Fsp3) is 0.0909. The van der Waals surface area contributed by atoms with E-state index in [9.17, 15) is 9.59 Å². The molecule has 0 aliphatic carbocycles. The minimum Gasteiger partial charge on any atom is -0.497 e. The summed E-state index contributed by atoms with van der Waals surface area (Å²) in [5.41, 5.74) is 7.30. The van der Waals surface area contributed by atoms with E-state index in [1.54, 1.807) is 43.5 Å². The number of hydrogen-bond donors (Lipinski definition) is 3. The summed E-state index contributed by atoms with van der Waals surface area (Å²) in [6.45, 7) is 0. The fourth-order valence-electron chi connectivity index (χ4n) is 2.63. The van der Waals surface area contributed by atoms with Crippen LogP contribution < -0.4 is 20.9 Å². The molecule has 0 fully saturated rings. The van der Waals surface area contributed by atoms with Crippen LogP contribution in [0, 0.1) is 0 Å². The van der Waals surface area contributed by atoms with E-state index in [-0.39, 0.29) is 11.8 Å². The maximum atomic E-state index is 12.8. The lowest BCUT2D eigenvalue weighted by Crippen LogP contribution is -2.44. The van der Waals surface area contributed by atoms with E-state index in [0.29, 0.717) is 17.0 Å². The number of rotatable bonds is 7. The highest BCUT2D eigenvalue weighted by atomic mass is 16.5. The highest BCUT2D eigenvalue weighted by Crippen LogP contribution is 2.16. The summed E-state index contributed by atoms with van der Waals surface area (Å²) in [5.74, 6) is 0.0254. The molecule has 0 aliphatic rings. The molecule has 0 unspecified atom stereocenters. The van der Waals surface area contributed by atoms with Gasteiger partial charge >= 0.3 is 0 Å². The van der Waals surface area contributed by atoms with Gasteiger partial charge in [-0.15, -0.1) is 0 Å². The number of ether oxygens (including phenoxy) is 1. The lowest BCUT2D eigenvalue weighted by Gasteiger charge is -2.19. The van der Waals surface area contributed by atoms with Gasteiger partial charge in [-0.05, 0) is 42.0 Å². The molecule has 3 N–H and O–H groups in total. The van der Waals surface area contributed by atoms with Crippen molar-refractivity contribution < 1.29 is 14.3 Å². The molecule has 0 aliphatic heterocycles. The first-order valence-corrected chi connectivity index (χ1v) is 8.78. The third-order valence-corrected chi connectivity index (χ3v) is 4.12. The Labute approximate surface area is 163 Å². The molecule has 0 aromatic heterocycles. The fourth-order valence-corrected chi connectivity index (χ4v) is 2.63. The van der Waals surface area contributed by atoms with Crippen LogP contribution >= 0.6 is 0 Å². The highest BCUT2D eigenvalue weighted by molar-refractivity contribution is 5.97. The van der Waals surface area contributed by atoms with Crippen LogP contribution in [0.15, 0.2) is 84.9 Å². The average molecular weight is 375 g/mol. The van der Waals surface area contributed by atoms with Gasteiger partial charge in [0.15, 0.2) is 0 Å². The van der Waals surface area contributed by atoms with Crippen LogP contribution in [0.3, 0.4) is 0 Å². The SMILES string of the molecule is COc1ccc(C(=O)NN[C@H](C(=O)Nc2ccccc2)c2ccccc2)cc1. The second-order valence-corrected chi connectivity index (χ2v) is 6.03.